The van der Waals surface area contributed by atoms with Crippen molar-refractivity contribution < 1.29 is 19.1 Å². The van der Waals surface area contributed by atoms with Crippen LogP contribution in [0.2, 0.25) is 18.1 Å². The molecule has 0 amide bonds. The van der Waals surface area contributed by atoms with Gasteiger partial charge in [0.25, 0.3) is 0 Å². The molecule has 3 rings (SSSR count). The van der Waals surface area contributed by atoms with E-state index in [1.807, 2.05) is 6.07 Å². The Hall–Kier alpha value is -2.48. The summed E-state index contributed by atoms with van der Waals surface area (Å²) in [6.45, 7) is 10.4. The molecular formula is C23H26ClN2O4Si. The molecule has 3 aromatic rings. The summed E-state index contributed by atoms with van der Waals surface area (Å²) in [6.07, 6.45) is 1.11. The van der Waals surface area contributed by atoms with Crippen LogP contribution >= 0.6 is 11.6 Å². The van der Waals surface area contributed by atoms with E-state index in [1.165, 1.54) is 0 Å². The van der Waals surface area contributed by atoms with Crippen LogP contribution in [0.25, 0.3) is 10.9 Å². The van der Waals surface area contributed by atoms with E-state index in [-0.39, 0.29) is 35.1 Å². The first-order valence-corrected chi connectivity index (χ1v) is 12.8. The number of hydrogen-bond donors (Lipinski definition) is 2. The van der Waals surface area contributed by atoms with Gasteiger partial charge in [-0.1, -0.05) is 32.4 Å². The van der Waals surface area contributed by atoms with Crippen molar-refractivity contribution >= 4 is 43.3 Å². The van der Waals surface area contributed by atoms with Gasteiger partial charge < -0.3 is 14.5 Å². The van der Waals surface area contributed by atoms with Gasteiger partial charge in [0.15, 0.2) is 0 Å². The Bertz CT molecular complexity index is 1130. The fourth-order valence-electron chi connectivity index (χ4n) is 3.59. The number of pyridine rings is 1. The zero-order valence-electron chi connectivity index (χ0n) is 18.2. The number of nitrogens with zero attached hydrogens (tertiary/aromatic N) is 1. The molecule has 0 aliphatic heterocycles. The fourth-order valence-corrected chi connectivity index (χ4v) is 4.72. The number of carboxylic acids is 1. The molecule has 1 radical (unpaired) electrons. The summed E-state index contributed by atoms with van der Waals surface area (Å²) in [7, 11) is -0.977. The molecule has 0 bridgehead atoms. The quantitative estimate of drug-likeness (QED) is 0.364. The zero-order chi connectivity index (χ0) is 22.9. The average Bonchev–Trinajstić information content (AvgIpc) is 3.01. The molecule has 0 saturated carbocycles. The minimum absolute atomic E-state index is 0.171. The summed E-state index contributed by atoms with van der Waals surface area (Å²) in [5.41, 5.74) is 2.21. The molecular weight excluding hydrogens is 432 g/mol. The monoisotopic (exact) mass is 457 g/mol. The summed E-state index contributed by atoms with van der Waals surface area (Å²) in [6, 6.07) is 8.70. The SMILES string of the molecule is C[Si](C)OC(c1ccnc(C(=O)c2[nH]c3ccc(Cl)cc3c2CC(=O)O)c1)C(C)(C)C. The molecule has 2 heterocycles. The second kappa shape index (κ2) is 8.94. The highest BCUT2D eigenvalue weighted by molar-refractivity contribution is 6.48. The number of halogens is 1. The molecule has 1 unspecified atom stereocenters. The summed E-state index contributed by atoms with van der Waals surface area (Å²) in [4.78, 5) is 32.2. The topological polar surface area (TPSA) is 92.3 Å². The largest absolute Gasteiger partial charge is 0.481 e. The first-order chi connectivity index (χ1) is 14.5. The number of ketones is 1. The van der Waals surface area contributed by atoms with Crippen LogP contribution in [0.3, 0.4) is 0 Å². The van der Waals surface area contributed by atoms with Crippen molar-refractivity contribution in [3.8, 4) is 0 Å². The van der Waals surface area contributed by atoms with Crippen molar-refractivity contribution in [1.82, 2.24) is 9.97 Å². The first kappa shape index (κ1) is 23.2. The van der Waals surface area contributed by atoms with Gasteiger partial charge in [0.2, 0.25) is 14.8 Å². The zero-order valence-corrected chi connectivity index (χ0v) is 20.0. The molecule has 8 heteroatoms. The van der Waals surface area contributed by atoms with Gasteiger partial charge >= 0.3 is 5.97 Å². The van der Waals surface area contributed by atoms with E-state index >= 15 is 0 Å². The van der Waals surface area contributed by atoms with E-state index in [2.05, 4.69) is 43.8 Å². The Morgan fingerprint density at radius 1 is 1.23 bits per heavy atom. The highest BCUT2D eigenvalue weighted by Crippen LogP contribution is 2.37. The minimum atomic E-state index is -1.03. The number of carbonyl (C=O) groups is 2. The maximum Gasteiger partial charge on any atom is 0.307 e. The Morgan fingerprint density at radius 3 is 2.55 bits per heavy atom. The number of rotatable bonds is 7. The number of carboxylic acid groups (broad SMARTS) is 1. The molecule has 1 atom stereocenters. The van der Waals surface area contributed by atoms with Crippen molar-refractivity contribution in [2.75, 3.05) is 0 Å². The van der Waals surface area contributed by atoms with Gasteiger partial charge in [-0.2, -0.15) is 0 Å². The molecule has 0 fully saturated rings. The summed E-state index contributed by atoms with van der Waals surface area (Å²) in [5.74, 6) is -1.39. The summed E-state index contributed by atoms with van der Waals surface area (Å²) >= 11 is 6.10. The normalized spacial score (nSPS) is 13.0. The highest BCUT2D eigenvalue weighted by Gasteiger charge is 2.29. The third-order valence-electron chi connectivity index (χ3n) is 4.88. The lowest BCUT2D eigenvalue weighted by Gasteiger charge is -2.32. The molecule has 0 saturated heterocycles. The number of aliphatic carboxylic acids is 1. The number of carbonyl (C=O) groups excluding carboxylic acids is 1. The van der Waals surface area contributed by atoms with E-state index in [9.17, 15) is 14.7 Å². The Kier molecular flexibility index (Phi) is 6.69. The van der Waals surface area contributed by atoms with Gasteiger partial charge in [-0.05, 0) is 54.4 Å². The van der Waals surface area contributed by atoms with E-state index in [4.69, 9.17) is 16.0 Å². The molecule has 1 aromatic carbocycles. The van der Waals surface area contributed by atoms with E-state index in [0.29, 0.717) is 21.5 Å². The van der Waals surface area contributed by atoms with Gasteiger partial charge in [-0.15, -0.1) is 0 Å². The van der Waals surface area contributed by atoms with E-state index in [0.717, 1.165) is 5.56 Å². The van der Waals surface area contributed by atoms with Crippen molar-refractivity contribution in [2.24, 2.45) is 5.41 Å². The Balaban J connectivity index is 2.09. The fraction of sp³-hybridized carbons (Fsp3) is 0.348. The number of hydrogen-bond acceptors (Lipinski definition) is 4. The maximum atomic E-state index is 13.4. The third kappa shape index (κ3) is 5.23. The molecule has 0 aliphatic rings. The third-order valence-corrected chi connectivity index (χ3v) is 5.82. The van der Waals surface area contributed by atoms with Crippen LogP contribution in [-0.2, 0) is 15.6 Å². The van der Waals surface area contributed by atoms with E-state index in [1.54, 1.807) is 30.5 Å². The van der Waals surface area contributed by atoms with Gasteiger partial charge in [0.05, 0.1) is 18.2 Å². The molecule has 6 nitrogen and oxygen atoms in total. The summed E-state index contributed by atoms with van der Waals surface area (Å²) in [5, 5.41) is 10.5. The number of nitrogens with one attached hydrogen (secondary N) is 1. The van der Waals surface area contributed by atoms with Crippen molar-refractivity contribution in [3.63, 3.8) is 0 Å². The first-order valence-electron chi connectivity index (χ1n) is 9.96. The van der Waals surface area contributed by atoms with Crippen molar-refractivity contribution in [1.29, 1.82) is 0 Å². The second-order valence-electron chi connectivity index (χ2n) is 8.81. The maximum absolute atomic E-state index is 13.4. The molecule has 2 N–H and O–H groups in total. The van der Waals surface area contributed by atoms with Gasteiger partial charge in [-0.3, -0.25) is 14.6 Å². The van der Waals surface area contributed by atoms with Crippen molar-refractivity contribution in [3.05, 3.63) is 64.1 Å². The smallest absolute Gasteiger partial charge is 0.307 e. The molecule has 163 valence electrons. The number of aromatic nitrogens is 2. The van der Waals surface area contributed by atoms with Crippen LogP contribution in [0.4, 0.5) is 0 Å². The van der Waals surface area contributed by atoms with Crippen LogP contribution in [-0.4, -0.2) is 35.9 Å². The van der Waals surface area contributed by atoms with Gasteiger partial charge in [-0.25, -0.2) is 0 Å². The minimum Gasteiger partial charge on any atom is -0.481 e. The van der Waals surface area contributed by atoms with E-state index < -0.39 is 15.0 Å². The van der Waals surface area contributed by atoms with Crippen LogP contribution < -0.4 is 0 Å². The average molecular weight is 458 g/mol. The predicted octanol–water partition coefficient (Wildman–Crippen LogP) is 5.43. The molecule has 0 aliphatic carbocycles. The van der Waals surface area contributed by atoms with Crippen molar-refractivity contribution in [2.45, 2.75) is 46.4 Å². The number of benzene rings is 1. The standard InChI is InChI=1S/C23H26ClN2O4Si/c1-23(2,3)22(30-31(4)5)13-8-9-25-18(10-13)21(29)20-16(12-19(27)28)15-11-14(24)6-7-17(15)26-20/h6-11,22,26H,12H2,1-5H3,(H,27,28). The van der Waals surface area contributed by atoms with Crippen LogP contribution in [0.15, 0.2) is 36.5 Å². The Labute approximate surface area is 188 Å². The number of aromatic amines is 1. The van der Waals surface area contributed by atoms with Crippen LogP contribution in [0, 0.1) is 5.41 Å². The lowest BCUT2D eigenvalue weighted by atomic mass is 9.85. The second-order valence-corrected chi connectivity index (χ2v) is 11.3. The predicted molar refractivity (Wildman–Crippen MR) is 123 cm³/mol. The number of fused-ring (bicyclic) bond motifs is 1. The molecule has 31 heavy (non-hydrogen) atoms. The lowest BCUT2D eigenvalue weighted by molar-refractivity contribution is -0.136. The molecule has 0 spiro atoms. The lowest BCUT2D eigenvalue weighted by Crippen LogP contribution is -2.26. The Morgan fingerprint density at radius 2 is 1.94 bits per heavy atom. The summed E-state index contributed by atoms with van der Waals surface area (Å²) < 4.78 is 6.24. The van der Waals surface area contributed by atoms with Crippen LogP contribution in [0.1, 0.15) is 54.2 Å². The van der Waals surface area contributed by atoms with Crippen LogP contribution in [0.5, 0.6) is 0 Å². The highest BCUT2D eigenvalue weighted by atomic mass is 35.5. The van der Waals surface area contributed by atoms with Gasteiger partial charge in [0, 0.05) is 27.7 Å². The van der Waals surface area contributed by atoms with Gasteiger partial charge in [0.1, 0.15) is 5.69 Å². The number of H-pyrrole nitrogens is 1. The molecule has 2 aromatic heterocycles.